The molecule has 1 aromatic heterocycles. The van der Waals surface area contributed by atoms with Crippen LogP contribution in [0.5, 0.6) is 0 Å². The molecule has 2 heterocycles. The van der Waals surface area contributed by atoms with Crippen LogP contribution in [0.25, 0.3) is 0 Å². The van der Waals surface area contributed by atoms with Gasteiger partial charge in [-0.25, -0.2) is 9.07 Å². The van der Waals surface area contributed by atoms with Gasteiger partial charge in [0.1, 0.15) is 23.2 Å². The molecule has 1 aliphatic rings. The van der Waals surface area contributed by atoms with Crippen molar-refractivity contribution in [3.05, 3.63) is 118 Å². The molecule has 0 aliphatic carbocycles. The number of hydrogen-bond donors (Lipinski definition) is 3. The van der Waals surface area contributed by atoms with Crippen molar-refractivity contribution in [1.82, 2.24) is 9.78 Å². The Morgan fingerprint density at radius 3 is 2.28 bits per heavy atom. The molecule has 0 radical (unpaired) electrons. The Hall–Kier alpha value is -4.43. The van der Waals surface area contributed by atoms with Gasteiger partial charge in [-0.1, -0.05) is 48.0 Å². The number of hydrogen-bond acceptors (Lipinski definition) is 4. The van der Waals surface area contributed by atoms with Gasteiger partial charge < -0.3 is 16.0 Å². The Bertz CT molecular complexity index is 1480. The average Bonchev–Trinajstić information content (AvgIpc) is 3.29. The first kappa shape index (κ1) is 23.3. The molecule has 0 fully saturated rings. The van der Waals surface area contributed by atoms with Crippen LogP contribution in [0.2, 0.25) is 5.02 Å². The van der Waals surface area contributed by atoms with Crippen molar-refractivity contribution in [3.63, 3.8) is 0 Å². The Labute approximate surface area is 211 Å². The van der Waals surface area contributed by atoms with Crippen LogP contribution in [0.15, 0.2) is 96.3 Å². The standard InChI is InChI=1S/C27H21ClFN5O2/c1-16-23(27(36)33-18-7-3-2-4-8-18)24(20-9-5-6-10-22(20)28)34-25(31-16)21(15-30-34)26(35)32-19-13-11-17(29)12-14-19/h2-15,24,31H,1H3,(H,32,35)(H,33,36)/t24-/m1/s1. The fraction of sp³-hybridized carbons (Fsp3) is 0.0741. The number of nitrogens with zero attached hydrogens (tertiary/aromatic N) is 2. The molecule has 0 unspecified atom stereocenters. The summed E-state index contributed by atoms with van der Waals surface area (Å²) in [5, 5.41) is 13.8. The number of fused-ring (bicyclic) bond motifs is 1. The maximum absolute atomic E-state index is 13.5. The highest BCUT2D eigenvalue weighted by molar-refractivity contribution is 6.31. The first-order valence-corrected chi connectivity index (χ1v) is 11.5. The van der Waals surface area contributed by atoms with Crippen molar-refractivity contribution in [2.24, 2.45) is 0 Å². The van der Waals surface area contributed by atoms with Gasteiger partial charge in [0.2, 0.25) is 0 Å². The summed E-state index contributed by atoms with van der Waals surface area (Å²) in [7, 11) is 0. The van der Waals surface area contributed by atoms with E-state index in [4.69, 9.17) is 11.6 Å². The van der Waals surface area contributed by atoms with Crippen molar-refractivity contribution < 1.29 is 14.0 Å². The number of carbonyl (C=O) groups is 2. The topological polar surface area (TPSA) is 88.0 Å². The zero-order valence-electron chi connectivity index (χ0n) is 19.1. The lowest BCUT2D eigenvalue weighted by molar-refractivity contribution is -0.113. The van der Waals surface area contributed by atoms with Crippen LogP contribution in [0.3, 0.4) is 0 Å². The Balaban J connectivity index is 1.55. The molecule has 1 aliphatic heterocycles. The lowest BCUT2D eigenvalue weighted by atomic mass is 9.94. The quantitative estimate of drug-likeness (QED) is 0.320. The molecule has 0 saturated carbocycles. The van der Waals surface area contributed by atoms with E-state index < -0.39 is 17.8 Å². The minimum Gasteiger partial charge on any atom is -0.343 e. The fourth-order valence-corrected chi connectivity index (χ4v) is 4.39. The lowest BCUT2D eigenvalue weighted by Gasteiger charge is -2.30. The monoisotopic (exact) mass is 501 g/mol. The number of benzene rings is 3. The molecular formula is C27H21ClFN5O2. The number of amides is 2. The van der Waals surface area contributed by atoms with Crippen LogP contribution in [-0.4, -0.2) is 21.6 Å². The molecule has 7 nitrogen and oxygen atoms in total. The van der Waals surface area contributed by atoms with Gasteiger partial charge in [-0.3, -0.25) is 9.59 Å². The third kappa shape index (κ3) is 4.46. The predicted octanol–water partition coefficient (Wildman–Crippen LogP) is 5.86. The molecule has 5 rings (SSSR count). The molecule has 180 valence electrons. The number of rotatable bonds is 5. The summed E-state index contributed by atoms with van der Waals surface area (Å²) in [4.78, 5) is 26.6. The van der Waals surface area contributed by atoms with Gasteiger partial charge in [0.15, 0.2) is 0 Å². The van der Waals surface area contributed by atoms with Crippen LogP contribution >= 0.6 is 11.6 Å². The molecule has 3 N–H and O–H groups in total. The highest BCUT2D eigenvalue weighted by atomic mass is 35.5. The number of halogens is 2. The fourth-order valence-electron chi connectivity index (χ4n) is 4.15. The van der Waals surface area contributed by atoms with Crippen molar-refractivity contribution in [1.29, 1.82) is 0 Å². The number of para-hydroxylation sites is 1. The molecule has 3 aromatic carbocycles. The second kappa shape index (κ2) is 9.67. The number of carbonyl (C=O) groups excluding carboxylic acids is 2. The summed E-state index contributed by atoms with van der Waals surface area (Å²) in [5.41, 5.74) is 2.97. The van der Waals surface area contributed by atoms with Gasteiger partial charge in [0.25, 0.3) is 11.8 Å². The maximum Gasteiger partial charge on any atom is 0.261 e. The molecule has 0 spiro atoms. The summed E-state index contributed by atoms with van der Waals surface area (Å²) in [6.45, 7) is 1.77. The molecule has 2 amide bonds. The second-order valence-corrected chi connectivity index (χ2v) is 8.63. The van der Waals surface area contributed by atoms with E-state index >= 15 is 0 Å². The summed E-state index contributed by atoms with van der Waals surface area (Å²) in [5.74, 6) is -0.747. The smallest absolute Gasteiger partial charge is 0.261 e. The maximum atomic E-state index is 13.5. The van der Waals surface area contributed by atoms with Gasteiger partial charge in [-0.2, -0.15) is 5.10 Å². The van der Waals surface area contributed by atoms with Gasteiger partial charge in [-0.05, 0) is 49.4 Å². The Kier molecular flexibility index (Phi) is 6.26. The van der Waals surface area contributed by atoms with Gasteiger partial charge in [-0.15, -0.1) is 0 Å². The van der Waals surface area contributed by atoms with E-state index in [1.807, 2.05) is 30.3 Å². The number of nitrogens with one attached hydrogen (secondary N) is 3. The molecule has 36 heavy (non-hydrogen) atoms. The largest absolute Gasteiger partial charge is 0.343 e. The molecule has 0 bridgehead atoms. The van der Waals surface area contributed by atoms with Crippen LogP contribution in [0, 0.1) is 5.82 Å². The van der Waals surface area contributed by atoms with Crippen molar-refractivity contribution in [2.45, 2.75) is 13.0 Å². The van der Waals surface area contributed by atoms with E-state index in [1.54, 1.807) is 35.9 Å². The third-order valence-electron chi connectivity index (χ3n) is 5.85. The SMILES string of the molecule is CC1=C(C(=O)Nc2ccccc2)[C@@H](c2ccccc2Cl)n2ncc(C(=O)Nc3ccc(F)cc3)c2N1. The first-order chi connectivity index (χ1) is 17.4. The zero-order valence-corrected chi connectivity index (χ0v) is 19.9. The van der Waals surface area contributed by atoms with Crippen LogP contribution in [0.1, 0.15) is 28.9 Å². The zero-order chi connectivity index (χ0) is 25.2. The van der Waals surface area contributed by atoms with E-state index in [0.717, 1.165) is 0 Å². The van der Waals surface area contributed by atoms with Gasteiger partial charge in [0, 0.05) is 27.7 Å². The van der Waals surface area contributed by atoms with E-state index in [-0.39, 0.29) is 11.5 Å². The second-order valence-electron chi connectivity index (χ2n) is 8.22. The summed E-state index contributed by atoms with van der Waals surface area (Å²) in [6, 6.07) is 21.1. The Morgan fingerprint density at radius 2 is 1.56 bits per heavy atom. The van der Waals surface area contributed by atoms with Gasteiger partial charge in [0.05, 0.1) is 11.8 Å². The molecule has 9 heteroatoms. The normalized spacial score (nSPS) is 14.6. The number of anilines is 3. The summed E-state index contributed by atoms with van der Waals surface area (Å²) < 4.78 is 14.8. The number of aromatic nitrogens is 2. The van der Waals surface area contributed by atoms with Crippen molar-refractivity contribution in [2.75, 3.05) is 16.0 Å². The molecule has 0 saturated heterocycles. The minimum absolute atomic E-state index is 0.262. The third-order valence-corrected chi connectivity index (χ3v) is 6.19. The molecular weight excluding hydrogens is 481 g/mol. The lowest BCUT2D eigenvalue weighted by Crippen LogP contribution is -2.32. The van der Waals surface area contributed by atoms with Crippen LogP contribution in [0.4, 0.5) is 21.6 Å². The molecule has 4 aromatic rings. The first-order valence-electron chi connectivity index (χ1n) is 11.2. The highest BCUT2D eigenvalue weighted by Crippen LogP contribution is 2.40. The van der Waals surface area contributed by atoms with Crippen molar-refractivity contribution in [3.8, 4) is 0 Å². The van der Waals surface area contributed by atoms with E-state index in [9.17, 15) is 14.0 Å². The van der Waals surface area contributed by atoms with E-state index in [0.29, 0.717) is 39.0 Å². The predicted molar refractivity (Wildman–Crippen MR) is 138 cm³/mol. The summed E-state index contributed by atoms with van der Waals surface area (Å²) >= 11 is 6.57. The van der Waals surface area contributed by atoms with E-state index in [1.165, 1.54) is 30.5 Å². The average molecular weight is 502 g/mol. The minimum atomic E-state index is -0.689. The van der Waals surface area contributed by atoms with E-state index in [2.05, 4.69) is 21.0 Å². The summed E-state index contributed by atoms with van der Waals surface area (Å²) in [6.07, 6.45) is 1.43. The van der Waals surface area contributed by atoms with Crippen LogP contribution in [-0.2, 0) is 4.79 Å². The van der Waals surface area contributed by atoms with Gasteiger partial charge >= 0.3 is 0 Å². The molecule has 1 atom stereocenters. The Morgan fingerprint density at radius 1 is 0.917 bits per heavy atom. The highest BCUT2D eigenvalue weighted by Gasteiger charge is 2.36. The van der Waals surface area contributed by atoms with Crippen molar-refractivity contribution >= 4 is 40.6 Å². The number of allylic oxidation sites excluding steroid dienone is 1. The van der Waals surface area contributed by atoms with Crippen LogP contribution < -0.4 is 16.0 Å².